The number of hydrogen-bond donors (Lipinski definition) is 3. The van der Waals surface area contributed by atoms with Gasteiger partial charge in [0.15, 0.2) is 0 Å². The van der Waals surface area contributed by atoms with Crippen LogP contribution in [0.1, 0.15) is 29.9 Å². The molecular formula is C15H20N2O2S. The van der Waals surface area contributed by atoms with Crippen LogP contribution in [-0.2, 0) is 0 Å². The summed E-state index contributed by atoms with van der Waals surface area (Å²) in [5.74, 6) is -0.144. The van der Waals surface area contributed by atoms with Gasteiger partial charge in [-0.2, -0.15) is 0 Å². The molecule has 4 nitrogen and oxygen atoms in total. The minimum absolute atomic E-state index is 0.119. The predicted molar refractivity (Wildman–Crippen MR) is 84.1 cm³/mol. The lowest BCUT2D eigenvalue weighted by Gasteiger charge is -2.23. The van der Waals surface area contributed by atoms with Gasteiger partial charge in [0.25, 0.3) is 5.91 Å². The molecule has 0 aliphatic rings. The highest BCUT2D eigenvalue weighted by Gasteiger charge is 2.21. The summed E-state index contributed by atoms with van der Waals surface area (Å²) < 4.78 is 1.02. The van der Waals surface area contributed by atoms with Crippen LogP contribution in [0, 0.1) is 5.41 Å². The second kappa shape index (κ2) is 5.81. The van der Waals surface area contributed by atoms with E-state index < -0.39 is 0 Å². The zero-order chi connectivity index (χ0) is 14.8. The number of carbonyl (C=O) groups excluding carboxylic acids is 1. The maximum atomic E-state index is 12.2. The van der Waals surface area contributed by atoms with Crippen molar-refractivity contribution in [2.75, 3.05) is 18.9 Å². The van der Waals surface area contributed by atoms with Gasteiger partial charge in [0.1, 0.15) is 4.88 Å². The number of thiophene rings is 1. The molecule has 4 N–H and O–H groups in total. The molecular weight excluding hydrogens is 272 g/mol. The predicted octanol–water partition coefficient (Wildman–Crippen LogP) is 2.62. The van der Waals surface area contributed by atoms with E-state index in [-0.39, 0.29) is 17.9 Å². The molecule has 0 radical (unpaired) electrons. The van der Waals surface area contributed by atoms with Gasteiger partial charge in [0, 0.05) is 23.2 Å². The van der Waals surface area contributed by atoms with Gasteiger partial charge in [0.05, 0.1) is 5.69 Å². The van der Waals surface area contributed by atoms with Crippen molar-refractivity contribution >= 4 is 33.0 Å². The number of benzene rings is 1. The van der Waals surface area contributed by atoms with Crippen molar-refractivity contribution in [1.82, 2.24) is 5.32 Å². The Labute approximate surface area is 122 Å². The number of fused-ring (bicyclic) bond motifs is 1. The number of amides is 1. The number of nitrogens with two attached hydrogens (primary N) is 1. The van der Waals surface area contributed by atoms with Crippen LogP contribution in [0.5, 0.6) is 0 Å². The van der Waals surface area contributed by atoms with Gasteiger partial charge in [-0.1, -0.05) is 32.0 Å². The zero-order valence-electron chi connectivity index (χ0n) is 11.8. The lowest BCUT2D eigenvalue weighted by Crippen LogP contribution is -2.34. The fourth-order valence-corrected chi connectivity index (χ4v) is 3.06. The molecule has 0 aliphatic carbocycles. The molecule has 0 bridgehead atoms. The lowest BCUT2D eigenvalue weighted by molar-refractivity contribution is 0.0933. The van der Waals surface area contributed by atoms with Gasteiger partial charge in [-0.25, -0.2) is 0 Å². The third-order valence-corrected chi connectivity index (χ3v) is 4.54. The van der Waals surface area contributed by atoms with Crippen LogP contribution >= 0.6 is 11.3 Å². The number of hydrogen-bond acceptors (Lipinski definition) is 4. The number of carbonyl (C=O) groups is 1. The summed E-state index contributed by atoms with van der Waals surface area (Å²) >= 11 is 1.41. The third-order valence-electron chi connectivity index (χ3n) is 3.36. The molecule has 1 amide bonds. The maximum absolute atomic E-state index is 12.2. The van der Waals surface area contributed by atoms with Crippen LogP contribution in [0.4, 0.5) is 5.69 Å². The molecule has 0 saturated heterocycles. The smallest absolute Gasteiger partial charge is 0.263 e. The van der Waals surface area contributed by atoms with Gasteiger partial charge >= 0.3 is 0 Å². The van der Waals surface area contributed by atoms with Crippen LogP contribution in [-0.4, -0.2) is 24.2 Å². The topological polar surface area (TPSA) is 75.3 Å². The van der Waals surface area contributed by atoms with Gasteiger partial charge in [-0.05, 0) is 17.9 Å². The highest BCUT2D eigenvalue weighted by Crippen LogP contribution is 2.33. The van der Waals surface area contributed by atoms with E-state index in [1.54, 1.807) is 0 Å². The van der Waals surface area contributed by atoms with Gasteiger partial charge < -0.3 is 16.2 Å². The largest absolute Gasteiger partial charge is 0.397 e. The molecule has 1 heterocycles. The van der Waals surface area contributed by atoms with E-state index >= 15 is 0 Å². The summed E-state index contributed by atoms with van der Waals surface area (Å²) in [7, 11) is 0. The SMILES string of the molecule is CC(C)(CCO)CNC(=O)c1sc2ccccc2c1N. The first kappa shape index (κ1) is 14.8. The minimum Gasteiger partial charge on any atom is -0.397 e. The monoisotopic (exact) mass is 292 g/mol. The highest BCUT2D eigenvalue weighted by molar-refractivity contribution is 7.21. The third kappa shape index (κ3) is 3.11. The first-order valence-corrected chi connectivity index (χ1v) is 7.42. The van der Waals surface area contributed by atoms with Crippen LogP contribution in [0.25, 0.3) is 10.1 Å². The first-order valence-electron chi connectivity index (χ1n) is 6.61. The standard InChI is InChI=1S/C15H20N2O2S/c1-15(2,7-8-18)9-17-14(19)13-12(16)10-5-3-4-6-11(10)20-13/h3-6,18H,7-9,16H2,1-2H3,(H,17,19). The first-order chi connectivity index (χ1) is 9.44. The molecule has 20 heavy (non-hydrogen) atoms. The number of rotatable bonds is 5. The lowest BCUT2D eigenvalue weighted by atomic mass is 9.90. The Morgan fingerprint density at radius 3 is 2.75 bits per heavy atom. The van der Waals surface area contributed by atoms with Gasteiger partial charge in [-0.3, -0.25) is 4.79 Å². The summed E-state index contributed by atoms with van der Waals surface area (Å²) in [5.41, 5.74) is 6.46. The molecule has 1 aromatic carbocycles. The summed E-state index contributed by atoms with van der Waals surface area (Å²) in [5, 5.41) is 12.8. The van der Waals surface area contributed by atoms with Crippen LogP contribution < -0.4 is 11.1 Å². The van der Waals surface area contributed by atoms with Crippen molar-refractivity contribution in [2.24, 2.45) is 5.41 Å². The number of anilines is 1. The van der Waals surface area contributed by atoms with Crippen molar-refractivity contribution in [3.05, 3.63) is 29.1 Å². The quantitative estimate of drug-likeness (QED) is 0.793. The summed E-state index contributed by atoms with van der Waals surface area (Å²) in [6.45, 7) is 4.66. The Balaban J connectivity index is 2.14. The van der Waals surface area contributed by atoms with Gasteiger partial charge in [-0.15, -0.1) is 11.3 Å². The number of aliphatic hydroxyl groups excluding tert-OH is 1. The summed E-state index contributed by atoms with van der Waals surface area (Å²) in [6.07, 6.45) is 0.648. The van der Waals surface area contributed by atoms with Gasteiger partial charge in [0.2, 0.25) is 0 Å². The van der Waals surface area contributed by atoms with Crippen LogP contribution in [0.3, 0.4) is 0 Å². The molecule has 0 spiro atoms. The number of nitrogen functional groups attached to an aromatic ring is 1. The molecule has 0 unspecified atom stereocenters. The van der Waals surface area contributed by atoms with E-state index in [4.69, 9.17) is 10.8 Å². The van der Waals surface area contributed by atoms with Crippen molar-refractivity contribution in [3.8, 4) is 0 Å². The fourth-order valence-electron chi connectivity index (χ4n) is 2.02. The van der Waals surface area contributed by atoms with E-state index in [1.165, 1.54) is 11.3 Å². The van der Waals surface area contributed by atoms with Crippen LogP contribution in [0.2, 0.25) is 0 Å². The van der Waals surface area contributed by atoms with Crippen molar-refractivity contribution in [1.29, 1.82) is 0 Å². The fraction of sp³-hybridized carbons (Fsp3) is 0.400. The van der Waals surface area contributed by atoms with E-state index in [1.807, 2.05) is 38.1 Å². The summed E-state index contributed by atoms with van der Waals surface area (Å²) in [6, 6.07) is 7.73. The van der Waals surface area contributed by atoms with Crippen molar-refractivity contribution in [3.63, 3.8) is 0 Å². The maximum Gasteiger partial charge on any atom is 0.263 e. The molecule has 2 aromatic rings. The highest BCUT2D eigenvalue weighted by atomic mass is 32.1. The normalized spacial score (nSPS) is 11.8. The average molecular weight is 292 g/mol. The Hall–Kier alpha value is -1.59. The molecule has 0 fully saturated rings. The number of aliphatic hydroxyl groups is 1. The van der Waals surface area contributed by atoms with Crippen LogP contribution in [0.15, 0.2) is 24.3 Å². The van der Waals surface area contributed by atoms with Crippen molar-refractivity contribution < 1.29 is 9.90 Å². The van der Waals surface area contributed by atoms with E-state index in [2.05, 4.69) is 5.32 Å². The molecule has 0 atom stereocenters. The Kier molecular flexibility index (Phi) is 4.30. The number of nitrogens with one attached hydrogen (secondary N) is 1. The minimum atomic E-state index is -0.144. The summed E-state index contributed by atoms with van der Waals surface area (Å²) in [4.78, 5) is 12.8. The Morgan fingerprint density at radius 1 is 1.40 bits per heavy atom. The Morgan fingerprint density at radius 2 is 2.10 bits per heavy atom. The molecule has 108 valence electrons. The molecule has 0 aliphatic heterocycles. The van der Waals surface area contributed by atoms with E-state index in [0.717, 1.165) is 10.1 Å². The second-order valence-electron chi connectivity index (χ2n) is 5.66. The van der Waals surface area contributed by atoms with E-state index in [9.17, 15) is 4.79 Å². The van der Waals surface area contributed by atoms with E-state index in [0.29, 0.717) is 23.5 Å². The Bertz CT molecular complexity index is 619. The molecule has 1 aromatic heterocycles. The van der Waals surface area contributed by atoms with Crippen molar-refractivity contribution in [2.45, 2.75) is 20.3 Å². The molecule has 2 rings (SSSR count). The second-order valence-corrected chi connectivity index (χ2v) is 6.71. The average Bonchev–Trinajstić information content (AvgIpc) is 2.74. The molecule has 0 saturated carbocycles. The zero-order valence-corrected chi connectivity index (χ0v) is 12.6. The molecule has 5 heteroatoms.